The van der Waals surface area contributed by atoms with Gasteiger partial charge in [-0.25, -0.2) is 0 Å². The molecule has 2 amide bonds. The first-order valence-corrected chi connectivity index (χ1v) is 7.19. The van der Waals surface area contributed by atoms with Crippen molar-refractivity contribution < 1.29 is 9.59 Å². The summed E-state index contributed by atoms with van der Waals surface area (Å²) < 4.78 is 0. The van der Waals surface area contributed by atoms with Gasteiger partial charge in [-0.2, -0.15) is 0 Å². The fourth-order valence-corrected chi connectivity index (χ4v) is 3.07. The molecule has 1 aliphatic heterocycles. The van der Waals surface area contributed by atoms with Crippen LogP contribution in [-0.4, -0.2) is 28.8 Å². The maximum Gasteiger partial charge on any atom is 0.249 e. The largest absolute Gasteiger partial charge is 0.340 e. The fraction of sp³-hybridized carbons (Fsp3) is 0.500. The van der Waals surface area contributed by atoms with Gasteiger partial charge in [0.2, 0.25) is 11.8 Å². The van der Waals surface area contributed by atoms with E-state index >= 15 is 0 Å². The van der Waals surface area contributed by atoms with Crippen LogP contribution in [0, 0.1) is 5.92 Å². The first-order chi connectivity index (χ1) is 9.52. The van der Waals surface area contributed by atoms with Gasteiger partial charge in [0.1, 0.15) is 12.1 Å². The quantitative estimate of drug-likeness (QED) is 0.913. The number of nitrogens with one attached hydrogen (secondary N) is 1. The summed E-state index contributed by atoms with van der Waals surface area (Å²) in [5, 5.41) is 2.91. The van der Waals surface area contributed by atoms with Crippen LogP contribution in [0.4, 0.5) is 0 Å². The van der Waals surface area contributed by atoms with E-state index < -0.39 is 5.54 Å². The molecule has 0 radical (unpaired) electrons. The summed E-state index contributed by atoms with van der Waals surface area (Å²) >= 11 is 0. The zero-order valence-electron chi connectivity index (χ0n) is 11.9. The van der Waals surface area contributed by atoms with Crippen LogP contribution in [0.25, 0.3) is 0 Å². The van der Waals surface area contributed by atoms with E-state index in [4.69, 9.17) is 0 Å². The molecular formula is C16H20N2O2. The minimum Gasteiger partial charge on any atom is -0.340 e. The Labute approximate surface area is 119 Å². The monoisotopic (exact) mass is 272 g/mol. The SMILES string of the molecule is CC(c1ccccc1)N1CC(=O)NC(C)(C2CC2)C1=O. The second-order valence-corrected chi connectivity index (χ2v) is 6.04. The molecule has 20 heavy (non-hydrogen) atoms. The van der Waals surface area contributed by atoms with Gasteiger partial charge in [-0.05, 0) is 38.2 Å². The molecule has 0 bridgehead atoms. The molecule has 1 heterocycles. The summed E-state index contributed by atoms with van der Waals surface area (Å²) in [6.07, 6.45) is 2.05. The van der Waals surface area contributed by atoms with Crippen molar-refractivity contribution in [3.05, 3.63) is 35.9 Å². The first kappa shape index (κ1) is 13.2. The predicted octanol–water partition coefficient (Wildman–Crippen LogP) is 1.87. The van der Waals surface area contributed by atoms with Gasteiger partial charge in [0, 0.05) is 0 Å². The van der Waals surface area contributed by atoms with Crippen molar-refractivity contribution in [1.82, 2.24) is 10.2 Å². The number of amides is 2. The molecule has 1 N–H and O–H groups in total. The van der Waals surface area contributed by atoms with Gasteiger partial charge in [-0.1, -0.05) is 30.3 Å². The number of piperazine rings is 1. The average Bonchev–Trinajstić information content (AvgIpc) is 3.28. The third kappa shape index (κ3) is 2.09. The Morgan fingerprint density at radius 1 is 1.25 bits per heavy atom. The van der Waals surface area contributed by atoms with E-state index in [0.717, 1.165) is 18.4 Å². The van der Waals surface area contributed by atoms with Gasteiger partial charge in [0.25, 0.3) is 0 Å². The van der Waals surface area contributed by atoms with Crippen molar-refractivity contribution in [2.75, 3.05) is 6.54 Å². The highest BCUT2D eigenvalue weighted by Gasteiger charge is 2.53. The van der Waals surface area contributed by atoms with Crippen LogP contribution in [0.2, 0.25) is 0 Å². The van der Waals surface area contributed by atoms with Gasteiger partial charge in [-0.3, -0.25) is 9.59 Å². The molecular weight excluding hydrogens is 252 g/mol. The third-order valence-electron chi connectivity index (χ3n) is 4.56. The highest BCUT2D eigenvalue weighted by Crippen LogP contribution is 2.42. The number of benzene rings is 1. The minimum atomic E-state index is -0.710. The number of carbonyl (C=O) groups excluding carboxylic acids is 2. The molecule has 2 aliphatic rings. The van der Waals surface area contributed by atoms with Crippen LogP contribution in [-0.2, 0) is 9.59 Å². The molecule has 1 aromatic carbocycles. The number of hydrogen-bond acceptors (Lipinski definition) is 2. The van der Waals surface area contributed by atoms with E-state index in [0.29, 0.717) is 5.92 Å². The van der Waals surface area contributed by atoms with E-state index in [2.05, 4.69) is 5.32 Å². The first-order valence-electron chi connectivity index (χ1n) is 7.19. The summed E-state index contributed by atoms with van der Waals surface area (Å²) in [5.74, 6) is 0.294. The Morgan fingerprint density at radius 2 is 1.90 bits per heavy atom. The number of hydrogen-bond donors (Lipinski definition) is 1. The molecule has 1 aliphatic carbocycles. The van der Waals surface area contributed by atoms with Crippen molar-refractivity contribution in [2.24, 2.45) is 5.92 Å². The second-order valence-electron chi connectivity index (χ2n) is 6.04. The topological polar surface area (TPSA) is 49.4 Å². The molecule has 1 saturated heterocycles. The van der Waals surface area contributed by atoms with Crippen LogP contribution < -0.4 is 5.32 Å². The van der Waals surface area contributed by atoms with Crippen molar-refractivity contribution >= 4 is 11.8 Å². The molecule has 4 nitrogen and oxygen atoms in total. The molecule has 4 heteroatoms. The van der Waals surface area contributed by atoms with E-state index in [9.17, 15) is 9.59 Å². The predicted molar refractivity (Wildman–Crippen MR) is 75.8 cm³/mol. The van der Waals surface area contributed by atoms with Gasteiger partial charge < -0.3 is 10.2 Å². The Kier molecular flexibility index (Phi) is 3.04. The number of rotatable bonds is 3. The van der Waals surface area contributed by atoms with Gasteiger partial charge in [-0.15, -0.1) is 0 Å². The lowest BCUT2D eigenvalue weighted by molar-refractivity contribution is -0.152. The standard InChI is InChI=1S/C16H20N2O2/c1-11(12-6-4-3-5-7-12)18-10-14(19)17-16(2,15(18)20)13-8-9-13/h3-7,11,13H,8-10H2,1-2H3,(H,17,19). The Balaban J connectivity index is 1.88. The summed E-state index contributed by atoms with van der Waals surface area (Å²) in [7, 11) is 0. The Bertz CT molecular complexity index is 539. The third-order valence-corrected chi connectivity index (χ3v) is 4.56. The van der Waals surface area contributed by atoms with Crippen LogP contribution >= 0.6 is 0 Å². The molecule has 2 unspecified atom stereocenters. The van der Waals surface area contributed by atoms with Gasteiger partial charge in [0.05, 0.1) is 6.04 Å². The molecule has 1 aromatic rings. The molecule has 0 spiro atoms. The smallest absolute Gasteiger partial charge is 0.249 e. The summed E-state index contributed by atoms with van der Waals surface area (Å²) in [6, 6.07) is 9.79. The maximum atomic E-state index is 12.8. The number of carbonyl (C=O) groups is 2. The van der Waals surface area contributed by atoms with Crippen LogP contribution in [0.5, 0.6) is 0 Å². The lowest BCUT2D eigenvalue weighted by atomic mass is 9.90. The highest BCUT2D eigenvalue weighted by molar-refractivity contribution is 5.98. The Hall–Kier alpha value is -1.84. The zero-order chi connectivity index (χ0) is 14.3. The zero-order valence-corrected chi connectivity index (χ0v) is 11.9. The van der Waals surface area contributed by atoms with Crippen LogP contribution in [0.1, 0.15) is 38.3 Å². The highest BCUT2D eigenvalue weighted by atomic mass is 16.2. The van der Waals surface area contributed by atoms with Crippen molar-refractivity contribution in [3.63, 3.8) is 0 Å². The van der Waals surface area contributed by atoms with Gasteiger partial charge in [0.15, 0.2) is 0 Å². The van der Waals surface area contributed by atoms with Gasteiger partial charge >= 0.3 is 0 Å². The lowest BCUT2D eigenvalue weighted by Crippen LogP contribution is -2.66. The van der Waals surface area contributed by atoms with Crippen LogP contribution in [0.15, 0.2) is 30.3 Å². The summed E-state index contributed by atoms with van der Waals surface area (Å²) in [6.45, 7) is 4.01. The summed E-state index contributed by atoms with van der Waals surface area (Å²) in [5.41, 5.74) is 0.354. The minimum absolute atomic E-state index is 0.0518. The second kappa shape index (κ2) is 4.62. The van der Waals surface area contributed by atoms with E-state index in [1.165, 1.54) is 0 Å². The molecule has 2 atom stereocenters. The molecule has 3 rings (SSSR count). The van der Waals surface area contributed by atoms with E-state index in [1.807, 2.05) is 44.2 Å². The molecule has 0 aromatic heterocycles. The van der Waals surface area contributed by atoms with Crippen molar-refractivity contribution in [2.45, 2.75) is 38.3 Å². The fourth-order valence-electron chi connectivity index (χ4n) is 3.07. The van der Waals surface area contributed by atoms with Crippen molar-refractivity contribution in [3.8, 4) is 0 Å². The molecule has 1 saturated carbocycles. The average molecular weight is 272 g/mol. The van der Waals surface area contributed by atoms with E-state index in [1.54, 1.807) is 4.90 Å². The molecule has 2 fully saturated rings. The molecule has 106 valence electrons. The Morgan fingerprint density at radius 3 is 2.50 bits per heavy atom. The lowest BCUT2D eigenvalue weighted by Gasteiger charge is -2.42. The number of nitrogens with zero attached hydrogens (tertiary/aromatic N) is 1. The normalized spacial score (nSPS) is 28.2. The van der Waals surface area contributed by atoms with Crippen LogP contribution in [0.3, 0.4) is 0 Å². The van der Waals surface area contributed by atoms with E-state index in [-0.39, 0.29) is 24.4 Å². The maximum absolute atomic E-state index is 12.8. The van der Waals surface area contributed by atoms with Crippen molar-refractivity contribution in [1.29, 1.82) is 0 Å². The summed E-state index contributed by atoms with van der Waals surface area (Å²) in [4.78, 5) is 26.5.